The van der Waals surface area contributed by atoms with Crippen LogP contribution in [-0.4, -0.2) is 23.4 Å². The lowest BCUT2D eigenvalue weighted by atomic mass is 10.2. The van der Waals surface area contributed by atoms with E-state index in [1.54, 1.807) is 24.3 Å². The Bertz CT molecular complexity index is 1710. The molecular formula is C25H22N6O4S. The number of hydrogen-bond donors (Lipinski definition) is 4. The van der Waals surface area contributed by atoms with Gasteiger partial charge < -0.3 is 15.1 Å². The van der Waals surface area contributed by atoms with Gasteiger partial charge in [0.2, 0.25) is 5.95 Å². The van der Waals surface area contributed by atoms with Crippen LogP contribution in [0, 0.1) is 13.8 Å². The first-order chi connectivity index (χ1) is 17.2. The summed E-state index contributed by atoms with van der Waals surface area (Å²) < 4.78 is 33.0. The molecule has 10 nitrogen and oxygen atoms in total. The van der Waals surface area contributed by atoms with E-state index in [-0.39, 0.29) is 10.5 Å². The molecule has 5 aromatic rings. The number of anilines is 5. The van der Waals surface area contributed by atoms with E-state index in [1.807, 2.05) is 44.2 Å². The summed E-state index contributed by atoms with van der Waals surface area (Å²) in [5.74, 6) is 0.405. The van der Waals surface area contributed by atoms with Crippen molar-refractivity contribution < 1.29 is 12.8 Å². The van der Waals surface area contributed by atoms with Crippen LogP contribution in [0.25, 0.3) is 11.1 Å². The number of H-pyrrole nitrogens is 1. The van der Waals surface area contributed by atoms with Crippen molar-refractivity contribution in [1.82, 2.24) is 15.0 Å². The molecule has 4 N–H and O–H groups in total. The maximum atomic E-state index is 12.8. The van der Waals surface area contributed by atoms with E-state index >= 15 is 0 Å². The van der Waals surface area contributed by atoms with Gasteiger partial charge in [-0.15, -0.1) is 0 Å². The van der Waals surface area contributed by atoms with E-state index < -0.39 is 15.8 Å². The molecular weight excluding hydrogens is 480 g/mol. The van der Waals surface area contributed by atoms with Gasteiger partial charge in [0.1, 0.15) is 5.82 Å². The predicted molar refractivity (Wildman–Crippen MR) is 139 cm³/mol. The lowest BCUT2D eigenvalue weighted by molar-refractivity contribution is 0.555. The molecule has 2 heterocycles. The van der Waals surface area contributed by atoms with Gasteiger partial charge in [-0.2, -0.15) is 4.98 Å². The number of aryl methyl sites for hydroxylation is 2. The van der Waals surface area contributed by atoms with Gasteiger partial charge in [0.25, 0.3) is 10.0 Å². The number of aromatic nitrogens is 3. The number of nitrogens with one attached hydrogen (secondary N) is 4. The van der Waals surface area contributed by atoms with Gasteiger partial charge in [0, 0.05) is 28.8 Å². The lowest BCUT2D eigenvalue weighted by Gasteiger charge is -2.12. The predicted octanol–water partition coefficient (Wildman–Crippen LogP) is 4.82. The summed E-state index contributed by atoms with van der Waals surface area (Å²) in [6, 6.07) is 20.6. The number of nitrogens with zero attached hydrogens (tertiary/aromatic N) is 2. The fourth-order valence-corrected chi connectivity index (χ4v) is 4.62. The van der Waals surface area contributed by atoms with Crippen LogP contribution in [-0.2, 0) is 10.0 Å². The highest BCUT2D eigenvalue weighted by Crippen LogP contribution is 2.23. The maximum absolute atomic E-state index is 12.8. The second-order valence-electron chi connectivity index (χ2n) is 8.19. The van der Waals surface area contributed by atoms with E-state index in [0.29, 0.717) is 23.0 Å². The first kappa shape index (κ1) is 23.1. The number of oxazole rings is 1. The Morgan fingerprint density at radius 3 is 2.22 bits per heavy atom. The van der Waals surface area contributed by atoms with Crippen LogP contribution in [0.3, 0.4) is 0 Å². The van der Waals surface area contributed by atoms with Crippen LogP contribution in [0.4, 0.5) is 28.8 Å². The molecule has 5 rings (SSSR count). The number of hydrogen-bond acceptors (Lipinski definition) is 8. The molecule has 0 fully saturated rings. The van der Waals surface area contributed by atoms with E-state index in [0.717, 1.165) is 22.6 Å². The van der Waals surface area contributed by atoms with Crippen LogP contribution in [0.15, 0.2) is 86.9 Å². The average Bonchev–Trinajstić information content (AvgIpc) is 3.21. The molecule has 0 aliphatic rings. The van der Waals surface area contributed by atoms with Crippen molar-refractivity contribution in [3.63, 3.8) is 0 Å². The summed E-state index contributed by atoms with van der Waals surface area (Å²) in [5, 5.41) is 6.41. The molecule has 0 spiro atoms. The molecule has 0 bridgehead atoms. The third-order valence-corrected chi connectivity index (χ3v) is 6.65. The van der Waals surface area contributed by atoms with Gasteiger partial charge in [-0.1, -0.05) is 17.7 Å². The monoisotopic (exact) mass is 502 g/mol. The van der Waals surface area contributed by atoms with Crippen molar-refractivity contribution in [1.29, 1.82) is 0 Å². The van der Waals surface area contributed by atoms with Crippen molar-refractivity contribution in [3.05, 3.63) is 94.6 Å². The fourth-order valence-electron chi connectivity index (χ4n) is 3.54. The Hall–Kier alpha value is -4.64. The maximum Gasteiger partial charge on any atom is 0.417 e. The molecule has 36 heavy (non-hydrogen) atoms. The molecule has 0 aliphatic heterocycles. The van der Waals surface area contributed by atoms with Crippen LogP contribution >= 0.6 is 0 Å². The van der Waals surface area contributed by atoms with Crippen LogP contribution < -0.4 is 21.1 Å². The minimum atomic E-state index is -3.87. The molecule has 0 unspecified atom stereocenters. The number of sulfonamides is 1. The number of aromatic amines is 1. The molecule has 0 radical (unpaired) electrons. The van der Waals surface area contributed by atoms with Crippen LogP contribution in [0.5, 0.6) is 0 Å². The normalized spacial score (nSPS) is 11.4. The highest BCUT2D eigenvalue weighted by molar-refractivity contribution is 7.92. The zero-order chi connectivity index (χ0) is 25.3. The van der Waals surface area contributed by atoms with Gasteiger partial charge in [0.05, 0.1) is 10.4 Å². The molecule has 0 amide bonds. The fraction of sp³-hybridized carbons (Fsp3) is 0.0800. The Kier molecular flexibility index (Phi) is 5.90. The second-order valence-corrected chi connectivity index (χ2v) is 9.87. The van der Waals surface area contributed by atoms with Crippen molar-refractivity contribution in [2.45, 2.75) is 18.7 Å². The Labute approximate surface area is 206 Å². The molecule has 182 valence electrons. The number of fused-ring (bicyclic) bond motifs is 1. The van der Waals surface area contributed by atoms with E-state index in [4.69, 9.17) is 4.42 Å². The topological polar surface area (TPSA) is 142 Å². The van der Waals surface area contributed by atoms with Gasteiger partial charge in [0.15, 0.2) is 5.58 Å². The lowest BCUT2D eigenvalue weighted by Crippen LogP contribution is -2.12. The van der Waals surface area contributed by atoms with Crippen LogP contribution in [0.2, 0.25) is 0 Å². The van der Waals surface area contributed by atoms with Gasteiger partial charge in [-0.3, -0.25) is 9.71 Å². The Morgan fingerprint density at radius 1 is 0.806 bits per heavy atom. The highest BCUT2D eigenvalue weighted by Gasteiger charge is 2.16. The smallest absolute Gasteiger partial charge is 0.408 e. The Balaban J connectivity index is 1.29. The van der Waals surface area contributed by atoms with E-state index in [1.165, 1.54) is 18.2 Å². The quantitative estimate of drug-likeness (QED) is 0.248. The van der Waals surface area contributed by atoms with E-state index in [9.17, 15) is 13.2 Å². The SMILES string of the molecule is Cc1ccc(Nc2nc(C)cc(Nc3ccc(NS(=O)(=O)c4ccc5oc(=O)[nH]c5c4)cc3)n2)cc1. The average molecular weight is 503 g/mol. The standard InChI is InChI=1S/C25H22N6O4S/c1-15-3-5-18(6-4-15)28-24-26-16(2)13-23(30-24)27-17-7-9-19(10-8-17)31-36(33,34)20-11-12-22-21(14-20)29-25(32)35-22/h3-14,31H,1-2H3,(H,29,32)(H2,26,27,28,30). The molecule has 11 heteroatoms. The van der Waals surface area contributed by atoms with Crippen molar-refractivity contribution in [2.24, 2.45) is 0 Å². The first-order valence-electron chi connectivity index (χ1n) is 11.0. The van der Waals surface area contributed by atoms with Gasteiger partial charge >= 0.3 is 5.76 Å². The molecule has 0 saturated heterocycles. The highest BCUT2D eigenvalue weighted by atomic mass is 32.2. The largest absolute Gasteiger partial charge is 0.417 e. The molecule has 3 aromatic carbocycles. The summed E-state index contributed by atoms with van der Waals surface area (Å²) in [6.45, 7) is 3.90. The number of rotatable bonds is 7. The minimum Gasteiger partial charge on any atom is -0.408 e. The molecule has 0 aliphatic carbocycles. The Morgan fingerprint density at radius 2 is 1.47 bits per heavy atom. The molecule has 2 aromatic heterocycles. The first-order valence-corrected chi connectivity index (χ1v) is 12.4. The van der Waals surface area contributed by atoms with Crippen molar-refractivity contribution in [2.75, 3.05) is 15.4 Å². The number of benzene rings is 3. The van der Waals surface area contributed by atoms with Crippen molar-refractivity contribution in [3.8, 4) is 0 Å². The van der Waals surface area contributed by atoms with Gasteiger partial charge in [-0.25, -0.2) is 18.2 Å². The van der Waals surface area contributed by atoms with Crippen molar-refractivity contribution >= 4 is 50.0 Å². The molecule has 0 atom stereocenters. The third-order valence-electron chi connectivity index (χ3n) is 5.27. The summed E-state index contributed by atoms with van der Waals surface area (Å²) in [5.41, 5.74) is 4.51. The summed E-state index contributed by atoms with van der Waals surface area (Å²) in [7, 11) is -3.87. The van der Waals surface area contributed by atoms with Gasteiger partial charge in [-0.05, 0) is 68.4 Å². The third kappa shape index (κ3) is 5.20. The minimum absolute atomic E-state index is 0.000631. The summed E-state index contributed by atoms with van der Waals surface area (Å²) in [4.78, 5) is 22.7. The summed E-state index contributed by atoms with van der Waals surface area (Å²) >= 11 is 0. The summed E-state index contributed by atoms with van der Waals surface area (Å²) in [6.07, 6.45) is 0. The zero-order valence-electron chi connectivity index (χ0n) is 19.4. The second kappa shape index (κ2) is 9.19. The van der Waals surface area contributed by atoms with Crippen LogP contribution in [0.1, 0.15) is 11.3 Å². The zero-order valence-corrected chi connectivity index (χ0v) is 20.2. The molecule has 0 saturated carbocycles. The van der Waals surface area contributed by atoms with E-state index in [2.05, 4.69) is 30.3 Å².